The van der Waals surface area contributed by atoms with Gasteiger partial charge in [0.25, 0.3) is 0 Å². The Labute approximate surface area is 113 Å². The summed E-state index contributed by atoms with van der Waals surface area (Å²) in [5.74, 6) is 0. The molecule has 17 heavy (non-hydrogen) atoms. The van der Waals surface area contributed by atoms with Crippen molar-refractivity contribution in [3.05, 3.63) is 34.3 Å². The van der Waals surface area contributed by atoms with Gasteiger partial charge in [-0.1, -0.05) is 66.7 Å². The van der Waals surface area contributed by atoms with Crippen molar-refractivity contribution in [3.63, 3.8) is 0 Å². The van der Waals surface area contributed by atoms with Crippen LogP contribution in [0.5, 0.6) is 0 Å². The van der Waals surface area contributed by atoms with E-state index in [4.69, 9.17) is 0 Å². The number of rotatable bonds is 6. The Morgan fingerprint density at radius 2 is 1.94 bits per heavy atom. The first kappa shape index (κ1) is 13.1. The summed E-state index contributed by atoms with van der Waals surface area (Å²) in [5, 5.41) is 3.45. The number of halogens is 1. The number of hydrogen-bond acceptors (Lipinski definition) is 1. The number of unbranched alkanes of at least 4 members (excludes halogenated alkanes) is 3. The van der Waals surface area contributed by atoms with E-state index < -0.39 is 0 Å². The summed E-state index contributed by atoms with van der Waals surface area (Å²) in [5.41, 5.74) is 1.89. The van der Waals surface area contributed by atoms with E-state index in [1.165, 1.54) is 42.1 Å². The molecule has 1 nitrogen and oxygen atoms in total. The molecular weight excluding hydrogens is 274 g/mol. The molecule has 1 aromatic rings. The van der Waals surface area contributed by atoms with Crippen molar-refractivity contribution in [1.29, 1.82) is 0 Å². The summed E-state index contributed by atoms with van der Waals surface area (Å²) >= 11 is 3.70. The Kier molecular flexibility index (Phi) is 4.63. The lowest BCUT2D eigenvalue weighted by atomic mass is 9.71. The molecule has 0 unspecified atom stereocenters. The summed E-state index contributed by atoms with van der Waals surface area (Å²) in [6, 6.07) is 8.71. The van der Waals surface area contributed by atoms with Crippen LogP contribution >= 0.6 is 15.9 Å². The minimum Gasteiger partial charge on any atom is -0.315 e. The predicted octanol–water partition coefficient (Wildman–Crippen LogP) is 4.26. The van der Waals surface area contributed by atoms with Crippen LogP contribution in [0.25, 0.3) is 0 Å². The Morgan fingerprint density at radius 1 is 1.18 bits per heavy atom. The fraction of sp³-hybridized carbons (Fsp3) is 0.600. The molecule has 1 aromatic carbocycles. The second kappa shape index (κ2) is 6.01. The Hall–Kier alpha value is -0.340. The van der Waals surface area contributed by atoms with Crippen LogP contribution in [0, 0.1) is 0 Å². The van der Waals surface area contributed by atoms with E-state index in [0.717, 1.165) is 13.1 Å². The van der Waals surface area contributed by atoms with Crippen molar-refractivity contribution in [1.82, 2.24) is 5.32 Å². The number of benzene rings is 1. The Balaban J connectivity index is 2.02. The molecule has 0 spiro atoms. The first-order valence-electron chi connectivity index (χ1n) is 6.74. The van der Waals surface area contributed by atoms with Crippen molar-refractivity contribution in [3.8, 4) is 0 Å². The van der Waals surface area contributed by atoms with E-state index in [1.54, 1.807) is 0 Å². The molecule has 0 bridgehead atoms. The maximum atomic E-state index is 3.70. The Bertz CT molecular complexity index is 358. The van der Waals surface area contributed by atoms with Gasteiger partial charge in [0.1, 0.15) is 0 Å². The zero-order valence-corrected chi connectivity index (χ0v) is 12.2. The minimum atomic E-state index is 0.397. The number of hydrogen-bond donors (Lipinski definition) is 1. The standard InChI is InChI=1S/C15H22BrN/c1-2-3-4-7-10-15(11-17-12-15)13-8-5-6-9-14(13)16/h5-6,8-9,17H,2-4,7,10-12H2,1H3. The van der Waals surface area contributed by atoms with Crippen LogP contribution in [0.1, 0.15) is 44.6 Å². The minimum absolute atomic E-state index is 0.397. The van der Waals surface area contributed by atoms with E-state index in [-0.39, 0.29) is 0 Å². The zero-order chi connectivity index (χ0) is 12.1. The molecule has 94 valence electrons. The van der Waals surface area contributed by atoms with Crippen LogP contribution in [0.2, 0.25) is 0 Å². The number of nitrogens with one attached hydrogen (secondary N) is 1. The fourth-order valence-corrected chi connectivity index (χ4v) is 3.42. The van der Waals surface area contributed by atoms with Crippen LogP contribution < -0.4 is 5.32 Å². The van der Waals surface area contributed by atoms with Gasteiger partial charge in [-0.25, -0.2) is 0 Å². The molecule has 0 saturated carbocycles. The molecule has 0 radical (unpaired) electrons. The van der Waals surface area contributed by atoms with Gasteiger partial charge < -0.3 is 5.32 Å². The molecule has 0 atom stereocenters. The van der Waals surface area contributed by atoms with Gasteiger partial charge in [-0.2, -0.15) is 0 Å². The molecule has 0 aliphatic carbocycles. The first-order valence-corrected chi connectivity index (χ1v) is 7.53. The second-order valence-corrected chi connectivity index (χ2v) is 6.03. The molecule has 0 aromatic heterocycles. The second-order valence-electron chi connectivity index (χ2n) is 5.17. The molecule has 2 rings (SSSR count). The maximum Gasteiger partial charge on any atom is 0.0213 e. The maximum absolute atomic E-state index is 3.70. The summed E-state index contributed by atoms with van der Waals surface area (Å²) in [6.45, 7) is 4.55. The molecule has 1 heterocycles. The smallest absolute Gasteiger partial charge is 0.0213 e. The van der Waals surface area contributed by atoms with E-state index >= 15 is 0 Å². The van der Waals surface area contributed by atoms with Crippen LogP contribution in [-0.4, -0.2) is 13.1 Å². The van der Waals surface area contributed by atoms with Crippen molar-refractivity contribution in [2.45, 2.75) is 44.4 Å². The van der Waals surface area contributed by atoms with Gasteiger partial charge in [0, 0.05) is 23.0 Å². The van der Waals surface area contributed by atoms with Gasteiger partial charge in [0.15, 0.2) is 0 Å². The van der Waals surface area contributed by atoms with Crippen molar-refractivity contribution in [2.75, 3.05) is 13.1 Å². The van der Waals surface area contributed by atoms with E-state index in [1.807, 2.05) is 0 Å². The van der Waals surface area contributed by atoms with Gasteiger partial charge in [0.2, 0.25) is 0 Å². The molecule has 2 heteroatoms. The highest BCUT2D eigenvalue weighted by Gasteiger charge is 2.38. The highest BCUT2D eigenvalue weighted by molar-refractivity contribution is 9.10. The predicted molar refractivity (Wildman–Crippen MR) is 77.4 cm³/mol. The summed E-state index contributed by atoms with van der Waals surface area (Å²) in [4.78, 5) is 0. The van der Waals surface area contributed by atoms with Crippen molar-refractivity contribution in [2.24, 2.45) is 0 Å². The Morgan fingerprint density at radius 3 is 2.53 bits per heavy atom. The monoisotopic (exact) mass is 295 g/mol. The van der Waals surface area contributed by atoms with Crippen molar-refractivity contribution < 1.29 is 0 Å². The average molecular weight is 296 g/mol. The molecule has 1 aliphatic rings. The first-order chi connectivity index (χ1) is 8.28. The lowest BCUT2D eigenvalue weighted by molar-refractivity contribution is 0.248. The lowest BCUT2D eigenvalue weighted by Crippen LogP contribution is -2.56. The average Bonchev–Trinajstić information content (AvgIpc) is 2.29. The van der Waals surface area contributed by atoms with Gasteiger partial charge in [-0.05, 0) is 18.1 Å². The highest BCUT2D eigenvalue weighted by Crippen LogP contribution is 2.38. The topological polar surface area (TPSA) is 12.0 Å². The van der Waals surface area contributed by atoms with E-state index in [9.17, 15) is 0 Å². The molecule has 1 aliphatic heterocycles. The molecule has 1 fully saturated rings. The third kappa shape index (κ3) is 2.92. The SMILES string of the molecule is CCCCCCC1(c2ccccc2Br)CNC1. The zero-order valence-electron chi connectivity index (χ0n) is 10.6. The highest BCUT2D eigenvalue weighted by atomic mass is 79.9. The van der Waals surface area contributed by atoms with Gasteiger partial charge in [0.05, 0.1) is 0 Å². The van der Waals surface area contributed by atoms with E-state index in [2.05, 4.69) is 52.4 Å². The molecular formula is C15H22BrN. The third-order valence-electron chi connectivity index (χ3n) is 3.88. The van der Waals surface area contributed by atoms with Gasteiger partial charge in [-0.15, -0.1) is 0 Å². The van der Waals surface area contributed by atoms with Crippen LogP contribution in [0.3, 0.4) is 0 Å². The third-order valence-corrected chi connectivity index (χ3v) is 4.57. The largest absolute Gasteiger partial charge is 0.315 e. The summed E-state index contributed by atoms with van der Waals surface area (Å²) in [7, 11) is 0. The summed E-state index contributed by atoms with van der Waals surface area (Å²) < 4.78 is 1.27. The quantitative estimate of drug-likeness (QED) is 0.773. The normalized spacial score (nSPS) is 17.8. The molecule has 1 N–H and O–H groups in total. The van der Waals surface area contributed by atoms with Crippen LogP contribution in [0.4, 0.5) is 0 Å². The summed E-state index contributed by atoms with van der Waals surface area (Å²) in [6.07, 6.45) is 6.75. The van der Waals surface area contributed by atoms with Crippen LogP contribution in [0.15, 0.2) is 28.7 Å². The lowest BCUT2D eigenvalue weighted by Gasteiger charge is -2.44. The van der Waals surface area contributed by atoms with Gasteiger partial charge >= 0.3 is 0 Å². The molecule has 0 amide bonds. The molecule has 1 saturated heterocycles. The van der Waals surface area contributed by atoms with Gasteiger partial charge in [-0.3, -0.25) is 0 Å². The van der Waals surface area contributed by atoms with Crippen molar-refractivity contribution >= 4 is 15.9 Å². The van der Waals surface area contributed by atoms with E-state index in [0.29, 0.717) is 5.41 Å². The van der Waals surface area contributed by atoms with Crippen LogP contribution in [-0.2, 0) is 5.41 Å². The fourth-order valence-electron chi connectivity index (χ4n) is 2.71.